The summed E-state index contributed by atoms with van der Waals surface area (Å²) in [4.78, 5) is 0. The van der Waals surface area contributed by atoms with Gasteiger partial charge in [-0.3, -0.25) is 4.68 Å². The van der Waals surface area contributed by atoms with Crippen LogP contribution in [0.25, 0.3) is 0 Å². The van der Waals surface area contributed by atoms with Gasteiger partial charge in [-0.25, -0.2) is 0 Å². The maximum Gasteiger partial charge on any atom is 0.163 e. The lowest BCUT2D eigenvalue weighted by molar-refractivity contribution is 0.202. The van der Waals surface area contributed by atoms with Crippen LogP contribution < -0.4 is 10.1 Å². The van der Waals surface area contributed by atoms with Crippen molar-refractivity contribution in [3.63, 3.8) is 0 Å². The third kappa shape index (κ3) is 3.72. The molecule has 1 atom stereocenters. The lowest BCUT2D eigenvalue weighted by Crippen LogP contribution is -2.37. The maximum atomic E-state index is 6.04. The Hall–Kier alpha value is -1.03. The van der Waals surface area contributed by atoms with Gasteiger partial charge in [0.05, 0.1) is 5.69 Å². The van der Waals surface area contributed by atoms with Crippen molar-refractivity contribution >= 4 is 0 Å². The van der Waals surface area contributed by atoms with Crippen molar-refractivity contribution in [3.8, 4) is 5.75 Å². The average Bonchev–Trinajstić information content (AvgIpc) is 2.64. The summed E-state index contributed by atoms with van der Waals surface area (Å²) < 4.78 is 7.92. The molecule has 1 heterocycles. The molecular weight excluding hydrogens is 238 g/mol. The number of nitrogens with one attached hydrogen (secondary N) is 1. The molecular formula is C15H27N3O. The minimum absolute atomic E-state index is 0.184. The van der Waals surface area contributed by atoms with E-state index >= 15 is 0 Å². The summed E-state index contributed by atoms with van der Waals surface area (Å²) in [6.07, 6.45) is 6.96. The van der Waals surface area contributed by atoms with E-state index in [9.17, 15) is 0 Å². The van der Waals surface area contributed by atoms with Gasteiger partial charge in [-0.1, -0.05) is 19.3 Å². The van der Waals surface area contributed by atoms with Gasteiger partial charge < -0.3 is 10.1 Å². The average molecular weight is 265 g/mol. The van der Waals surface area contributed by atoms with Crippen molar-refractivity contribution < 1.29 is 4.74 Å². The maximum absolute atomic E-state index is 6.04. The summed E-state index contributed by atoms with van der Waals surface area (Å²) in [6.45, 7) is 7.10. The molecule has 1 saturated carbocycles. The topological polar surface area (TPSA) is 39.1 Å². The highest BCUT2D eigenvalue weighted by Gasteiger charge is 2.16. The zero-order valence-corrected chi connectivity index (χ0v) is 12.7. The van der Waals surface area contributed by atoms with E-state index in [0.29, 0.717) is 6.04 Å². The highest BCUT2D eigenvalue weighted by atomic mass is 16.5. The Balaban J connectivity index is 1.81. The van der Waals surface area contributed by atoms with E-state index < -0.39 is 0 Å². The zero-order chi connectivity index (χ0) is 13.8. The second-order valence-corrected chi connectivity index (χ2v) is 5.80. The fraction of sp³-hybridized carbons (Fsp3) is 0.800. The molecule has 4 nitrogen and oxygen atoms in total. The molecule has 0 amide bonds. The first-order valence-corrected chi connectivity index (χ1v) is 7.48. The van der Waals surface area contributed by atoms with Gasteiger partial charge in [0, 0.05) is 19.6 Å². The van der Waals surface area contributed by atoms with Crippen LogP contribution in [-0.2, 0) is 7.05 Å². The summed E-state index contributed by atoms with van der Waals surface area (Å²) in [5, 5.41) is 8.02. The van der Waals surface area contributed by atoms with Crippen LogP contribution in [0.15, 0.2) is 0 Å². The Kier molecular flexibility index (Phi) is 4.86. The first kappa shape index (κ1) is 14.4. The van der Waals surface area contributed by atoms with Crippen LogP contribution >= 0.6 is 0 Å². The van der Waals surface area contributed by atoms with Gasteiger partial charge in [0.25, 0.3) is 0 Å². The summed E-state index contributed by atoms with van der Waals surface area (Å²) in [7, 11) is 1.96. The molecule has 0 aliphatic heterocycles. The zero-order valence-electron chi connectivity index (χ0n) is 12.7. The highest BCUT2D eigenvalue weighted by Crippen LogP contribution is 2.23. The number of rotatable bonds is 5. The number of hydrogen-bond acceptors (Lipinski definition) is 3. The third-order valence-corrected chi connectivity index (χ3v) is 4.06. The second kappa shape index (κ2) is 6.42. The van der Waals surface area contributed by atoms with Gasteiger partial charge >= 0.3 is 0 Å². The van der Waals surface area contributed by atoms with Gasteiger partial charge in [-0.15, -0.1) is 0 Å². The highest BCUT2D eigenvalue weighted by molar-refractivity contribution is 5.31. The third-order valence-electron chi connectivity index (χ3n) is 4.06. The first-order chi connectivity index (χ1) is 9.08. The summed E-state index contributed by atoms with van der Waals surface area (Å²) in [6, 6.07) is 0.691. The van der Waals surface area contributed by atoms with Gasteiger partial charge in [-0.05, 0) is 33.6 Å². The predicted octanol–water partition coefficient (Wildman–Crippen LogP) is 2.73. The molecule has 0 radical (unpaired) electrons. The van der Waals surface area contributed by atoms with E-state index in [2.05, 4.69) is 24.3 Å². The number of aryl methyl sites for hydroxylation is 2. The Bertz CT molecular complexity index is 408. The van der Waals surface area contributed by atoms with E-state index in [4.69, 9.17) is 4.74 Å². The largest absolute Gasteiger partial charge is 0.486 e. The monoisotopic (exact) mass is 265 g/mol. The molecule has 1 unspecified atom stereocenters. The molecule has 2 rings (SSSR count). The normalized spacial score (nSPS) is 18.5. The van der Waals surface area contributed by atoms with Crippen molar-refractivity contribution in [3.05, 3.63) is 11.4 Å². The van der Waals surface area contributed by atoms with Crippen LogP contribution in [-0.4, -0.2) is 28.5 Å². The van der Waals surface area contributed by atoms with E-state index in [1.165, 1.54) is 32.1 Å². The van der Waals surface area contributed by atoms with Crippen molar-refractivity contribution in [2.45, 2.75) is 65.0 Å². The van der Waals surface area contributed by atoms with Crippen molar-refractivity contribution in [2.75, 3.05) is 6.54 Å². The standard InChI is InChI=1S/C15H27N3O/c1-11(10-16-14-8-6-5-7-9-14)19-15-12(2)17-18(4)13(15)3/h11,14,16H,5-10H2,1-4H3. The lowest BCUT2D eigenvalue weighted by Gasteiger charge is -2.25. The fourth-order valence-corrected chi connectivity index (χ4v) is 2.81. The molecule has 0 saturated heterocycles. The predicted molar refractivity (Wildman–Crippen MR) is 77.6 cm³/mol. The minimum atomic E-state index is 0.184. The Morgan fingerprint density at radius 3 is 2.58 bits per heavy atom. The number of ether oxygens (including phenoxy) is 1. The van der Waals surface area contributed by atoms with Crippen LogP contribution in [0.3, 0.4) is 0 Å². The number of aromatic nitrogens is 2. The van der Waals surface area contributed by atoms with E-state index in [0.717, 1.165) is 23.7 Å². The Labute approximate surface area is 116 Å². The first-order valence-electron chi connectivity index (χ1n) is 7.48. The van der Waals surface area contributed by atoms with E-state index in [1.54, 1.807) is 0 Å². The van der Waals surface area contributed by atoms with Crippen LogP contribution in [0, 0.1) is 13.8 Å². The number of hydrogen-bond donors (Lipinski definition) is 1. The summed E-state index contributed by atoms with van der Waals surface area (Å²) in [5.41, 5.74) is 2.08. The van der Waals surface area contributed by atoms with E-state index in [-0.39, 0.29) is 6.10 Å². The van der Waals surface area contributed by atoms with Gasteiger partial charge in [0.15, 0.2) is 5.75 Å². The van der Waals surface area contributed by atoms with E-state index in [1.807, 2.05) is 18.7 Å². The molecule has 1 aromatic rings. The van der Waals surface area contributed by atoms with Gasteiger partial charge in [0.2, 0.25) is 0 Å². The molecule has 1 aliphatic carbocycles. The summed E-state index contributed by atoms with van der Waals surface area (Å²) >= 11 is 0. The smallest absolute Gasteiger partial charge is 0.163 e. The molecule has 4 heteroatoms. The van der Waals surface area contributed by atoms with Crippen molar-refractivity contribution in [1.29, 1.82) is 0 Å². The Morgan fingerprint density at radius 2 is 2.00 bits per heavy atom. The molecule has 0 bridgehead atoms. The molecule has 0 aromatic carbocycles. The molecule has 0 spiro atoms. The summed E-state index contributed by atoms with van der Waals surface area (Å²) in [5.74, 6) is 0.945. The molecule has 1 aliphatic rings. The quantitative estimate of drug-likeness (QED) is 0.889. The van der Waals surface area contributed by atoms with Crippen LogP contribution in [0.5, 0.6) is 5.75 Å². The van der Waals surface area contributed by atoms with Crippen LogP contribution in [0.1, 0.15) is 50.4 Å². The molecule has 108 valence electrons. The van der Waals surface area contributed by atoms with Crippen molar-refractivity contribution in [1.82, 2.24) is 15.1 Å². The van der Waals surface area contributed by atoms with Crippen molar-refractivity contribution in [2.24, 2.45) is 7.05 Å². The van der Waals surface area contributed by atoms with Crippen LogP contribution in [0.2, 0.25) is 0 Å². The molecule has 1 fully saturated rings. The van der Waals surface area contributed by atoms with Gasteiger partial charge in [0.1, 0.15) is 11.8 Å². The second-order valence-electron chi connectivity index (χ2n) is 5.80. The SMILES string of the molecule is Cc1nn(C)c(C)c1OC(C)CNC1CCCCC1. The van der Waals surface area contributed by atoms with Crippen LogP contribution in [0.4, 0.5) is 0 Å². The van der Waals surface area contributed by atoms with Gasteiger partial charge in [-0.2, -0.15) is 5.10 Å². The molecule has 19 heavy (non-hydrogen) atoms. The molecule has 1 N–H and O–H groups in total. The fourth-order valence-electron chi connectivity index (χ4n) is 2.81. The molecule has 1 aromatic heterocycles. The lowest BCUT2D eigenvalue weighted by atomic mass is 9.95. The Morgan fingerprint density at radius 1 is 1.32 bits per heavy atom. The number of nitrogens with zero attached hydrogens (tertiary/aromatic N) is 2. The minimum Gasteiger partial charge on any atom is -0.486 e.